The zero-order chi connectivity index (χ0) is 13.0. The third kappa shape index (κ3) is 3.05. The molecule has 1 amide bonds. The summed E-state index contributed by atoms with van der Waals surface area (Å²) in [4.78, 5) is 18.5. The van der Waals surface area contributed by atoms with E-state index in [0.717, 1.165) is 12.8 Å². The van der Waals surface area contributed by atoms with Crippen LogP contribution in [0.1, 0.15) is 23.2 Å². The highest BCUT2D eigenvalue weighted by atomic mass is 19.1. The molecule has 18 heavy (non-hydrogen) atoms. The van der Waals surface area contributed by atoms with E-state index in [0.29, 0.717) is 31.2 Å². The Kier molecular flexibility index (Phi) is 4.28. The summed E-state index contributed by atoms with van der Waals surface area (Å²) in [6, 6.07) is 5.66. The molecule has 0 saturated carbocycles. The van der Waals surface area contributed by atoms with Crippen LogP contribution in [0.15, 0.2) is 24.3 Å². The number of piperidine rings is 1. The first-order valence-electron chi connectivity index (χ1n) is 6.07. The van der Waals surface area contributed by atoms with Crippen molar-refractivity contribution in [1.82, 2.24) is 4.90 Å². The van der Waals surface area contributed by atoms with Crippen LogP contribution in [0.4, 0.5) is 4.39 Å². The van der Waals surface area contributed by atoms with Gasteiger partial charge in [-0.15, -0.1) is 0 Å². The molecule has 1 heterocycles. The summed E-state index contributed by atoms with van der Waals surface area (Å²) in [5, 5.41) is 0. The molecule has 0 atom stereocenters. The average molecular weight is 252 g/mol. The van der Waals surface area contributed by atoms with Gasteiger partial charge in [0.2, 0.25) is 0 Å². The summed E-state index contributed by atoms with van der Waals surface area (Å²) in [6.45, 7) is 1.94. The third-order valence-corrected chi connectivity index (χ3v) is 3.32. The van der Waals surface area contributed by atoms with Crippen LogP contribution < -0.4 is 5.90 Å². The first-order chi connectivity index (χ1) is 8.70. The lowest BCUT2D eigenvalue weighted by Gasteiger charge is -2.31. The Labute approximate surface area is 105 Å². The molecule has 0 aromatic heterocycles. The second-order valence-electron chi connectivity index (χ2n) is 4.58. The fraction of sp³-hybridized carbons (Fsp3) is 0.462. The molecule has 2 rings (SSSR count). The quantitative estimate of drug-likeness (QED) is 0.831. The Bertz CT molecular complexity index is 400. The van der Waals surface area contributed by atoms with Crippen molar-refractivity contribution in [2.45, 2.75) is 12.8 Å². The number of rotatable bonds is 3. The molecule has 1 aliphatic heterocycles. The van der Waals surface area contributed by atoms with Crippen molar-refractivity contribution in [3.63, 3.8) is 0 Å². The first kappa shape index (κ1) is 13.0. The molecule has 4 nitrogen and oxygen atoms in total. The van der Waals surface area contributed by atoms with Crippen LogP contribution in [0.5, 0.6) is 0 Å². The van der Waals surface area contributed by atoms with Gasteiger partial charge >= 0.3 is 0 Å². The van der Waals surface area contributed by atoms with Crippen LogP contribution >= 0.6 is 0 Å². The van der Waals surface area contributed by atoms with Crippen molar-refractivity contribution in [3.05, 3.63) is 35.6 Å². The van der Waals surface area contributed by atoms with E-state index in [2.05, 4.69) is 4.84 Å². The minimum atomic E-state index is -0.328. The largest absolute Gasteiger partial charge is 0.339 e. The molecule has 0 bridgehead atoms. The maximum Gasteiger partial charge on any atom is 0.253 e. The zero-order valence-corrected chi connectivity index (χ0v) is 10.1. The highest BCUT2D eigenvalue weighted by Crippen LogP contribution is 2.19. The second kappa shape index (κ2) is 5.93. The van der Waals surface area contributed by atoms with Gasteiger partial charge in [-0.05, 0) is 43.0 Å². The van der Waals surface area contributed by atoms with E-state index in [-0.39, 0.29) is 11.7 Å². The number of amides is 1. The molecule has 1 saturated heterocycles. The molecule has 0 aliphatic carbocycles. The van der Waals surface area contributed by atoms with E-state index >= 15 is 0 Å². The second-order valence-corrected chi connectivity index (χ2v) is 4.58. The molecule has 1 fully saturated rings. The Morgan fingerprint density at radius 3 is 2.50 bits per heavy atom. The smallest absolute Gasteiger partial charge is 0.253 e. The van der Waals surface area contributed by atoms with Crippen LogP contribution in [-0.4, -0.2) is 30.5 Å². The summed E-state index contributed by atoms with van der Waals surface area (Å²) in [5.41, 5.74) is 0.532. The van der Waals surface area contributed by atoms with E-state index in [9.17, 15) is 9.18 Å². The highest BCUT2D eigenvalue weighted by Gasteiger charge is 2.23. The zero-order valence-electron chi connectivity index (χ0n) is 10.1. The topological polar surface area (TPSA) is 55.6 Å². The molecule has 0 spiro atoms. The molecule has 98 valence electrons. The van der Waals surface area contributed by atoms with Crippen molar-refractivity contribution in [3.8, 4) is 0 Å². The number of likely N-dealkylation sites (tertiary alicyclic amines) is 1. The number of carbonyl (C=O) groups is 1. The lowest BCUT2D eigenvalue weighted by molar-refractivity contribution is 0.0525. The van der Waals surface area contributed by atoms with Crippen molar-refractivity contribution in [2.75, 3.05) is 19.7 Å². The Morgan fingerprint density at radius 2 is 1.94 bits per heavy atom. The number of nitrogens with two attached hydrogens (primary N) is 1. The number of halogens is 1. The fourth-order valence-corrected chi connectivity index (χ4v) is 2.21. The number of hydrogen-bond donors (Lipinski definition) is 1. The van der Waals surface area contributed by atoms with Gasteiger partial charge in [-0.1, -0.05) is 0 Å². The van der Waals surface area contributed by atoms with Gasteiger partial charge < -0.3 is 9.74 Å². The molecule has 2 N–H and O–H groups in total. The van der Waals surface area contributed by atoms with Gasteiger partial charge in [-0.2, -0.15) is 0 Å². The van der Waals surface area contributed by atoms with Gasteiger partial charge in [-0.3, -0.25) is 4.79 Å². The maximum atomic E-state index is 12.8. The summed E-state index contributed by atoms with van der Waals surface area (Å²) in [5.74, 6) is 5.10. The molecular weight excluding hydrogens is 235 g/mol. The molecule has 0 unspecified atom stereocenters. The normalized spacial score (nSPS) is 16.9. The van der Waals surface area contributed by atoms with Gasteiger partial charge in [0, 0.05) is 18.7 Å². The predicted molar refractivity (Wildman–Crippen MR) is 65.2 cm³/mol. The van der Waals surface area contributed by atoms with E-state index in [1.807, 2.05) is 0 Å². The predicted octanol–water partition coefficient (Wildman–Crippen LogP) is 1.57. The van der Waals surface area contributed by atoms with Crippen molar-refractivity contribution >= 4 is 5.91 Å². The molecule has 0 radical (unpaired) electrons. The third-order valence-electron chi connectivity index (χ3n) is 3.32. The summed E-state index contributed by atoms with van der Waals surface area (Å²) < 4.78 is 12.8. The number of hydrogen-bond acceptors (Lipinski definition) is 3. The average Bonchev–Trinajstić information content (AvgIpc) is 2.40. The summed E-state index contributed by atoms with van der Waals surface area (Å²) in [6.07, 6.45) is 1.79. The first-order valence-corrected chi connectivity index (χ1v) is 6.07. The Morgan fingerprint density at radius 1 is 1.33 bits per heavy atom. The summed E-state index contributed by atoms with van der Waals surface area (Å²) in [7, 11) is 0. The molecule has 1 aromatic rings. The SMILES string of the molecule is NOCC1CCN(C(=O)c2ccc(F)cc2)CC1. The molecule has 5 heteroatoms. The number of benzene rings is 1. The number of carbonyl (C=O) groups excluding carboxylic acids is 1. The van der Waals surface area contributed by atoms with Crippen LogP contribution in [-0.2, 0) is 4.84 Å². The van der Waals surface area contributed by atoms with Crippen molar-refractivity contribution in [2.24, 2.45) is 11.8 Å². The van der Waals surface area contributed by atoms with E-state index in [4.69, 9.17) is 5.90 Å². The molecule has 1 aromatic carbocycles. The van der Waals surface area contributed by atoms with Gasteiger partial charge in [0.25, 0.3) is 5.91 Å². The van der Waals surface area contributed by atoms with E-state index < -0.39 is 0 Å². The Hall–Kier alpha value is -1.46. The monoisotopic (exact) mass is 252 g/mol. The minimum Gasteiger partial charge on any atom is -0.339 e. The lowest BCUT2D eigenvalue weighted by Crippen LogP contribution is -2.39. The maximum absolute atomic E-state index is 12.8. The van der Waals surface area contributed by atoms with Gasteiger partial charge in [0.05, 0.1) is 6.61 Å². The van der Waals surface area contributed by atoms with Crippen LogP contribution in [0, 0.1) is 11.7 Å². The van der Waals surface area contributed by atoms with Crippen molar-refractivity contribution < 1.29 is 14.0 Å². The van der Waals surface area contributed by atoms with Gasteiger partial charge in [-0.25, -0.2) is 10.3 Å². The van der Waals surface area contributed by atoms with Gasteiger partial charge in [0.1, 0.15) is 5.82 Å². The van der Waals surface area contributed by atoms with Crippen LogP contribution in [0.2, 0.25) is 0 Å². The molecular formula is C13H17FN2O2. The fourth-order valence-electron chi connectivity index (χ4n) is 2.21. The Balaban J connectivity index is 1.93. The summed E-state index contributed by atoms with van der Waals surface area (Å²) >= 11 is 0. The van der Waals surface area contributed by atoms with Gasteiger partial charge in [0.15, 0.2) is 0 Å². The highest BCUT2D eigenvalue weighted by molar-refractivity contribution is 5.94. The minimum absolute atomic E-state index is 0.0397. The standard InChI is InChI=1S/C13H17FN2O2/c14-12-3-1-11(2-4-12)13(17)16-7-5-10(6-8-16)9-18-15/h1-4,10H,5-9,15H2. The van der Waals surface area contributed by atoms with Crippen LogP contribution in [0.3, 0.4) is 0 Å². The van der Waals surface area contributed by atoms with E-state index in [1.165, 1.54) is 24.3 Å². The molecule has 1 aliphatic rings. The van der Waals surface area contributed by atoms with Crippen molar-refractivity contribution in [1.29, 1.82) is 0 Å². The lowest BCUT2D eigenvalue weighted by atomic mass is 9.97. The van der Waals surface area contributed by atoms with Crippen LogP contribution in [0.25, 0.3) is 0 Å². The van der Waals surface area contributed by atoms with E-state index in [1.54, 1.807) is 4.90 Å². The number of nitrogens with zero attached hydrogens (tertiary/aromatic N) is 1.